The van der Waals surface area contributed by atoms with Crippen molar-refractivity contribution in [2.45, 2.75) is 26.8 Å². The van der Waals surface area contributed by atoms with E-state index in [0.29, 0.717) is 11.5 Å². The zero-order chi connectivity index (χ0) is 17.4. The van der Waals surface area contributed by atoms with E-state index in [1.54, 1.807) is 24.3 Å². The standard InChI is InChI=1S/C16H21BrN2O4/c1-10(2)11(3)19-14(20)9-23-15(21)8-18-16(22)12-4-6-13(17)7-5-12/h4-7,10-11H,8-9H2,1-3H3,(H,18,22)(H,19,20). The van der Waals surface area contributed by atoms with Crippen molar-refractivity contribution in [3.63, 3.8) is 0 Å². The predicted molar refractivity (Wildman–Crippen MR) is 89.9 cm³/mol. The normalized spacial score (nSPS) is 11.7. The van der Waals surface area contributed by atoms with Crippen molar-refractivity contribution < 1.29 is 19.1 Å². The zero-order valence-electron chi connectivity index (χ0n) is 13.4. The van der Waals surface area contributed by atoms with Crippen LogP contribution in [0.15, 0.2) is 28.7 Å². The predicted octanol–water partition coefficient (Wildman–Crippen LogP) is 1.88. The summed E-state index contributed by atoms with van der Waals surface area (Å²) in [6.07, 6.45) is 0. The molecule has 1 aromatic rings. The summed E-state index contributed by atoms with van der Waals surface area (Å²) in [6.45, 7) is 5.19. The van der Waals surface area contributed by atoms with Crippen molar-refractivity contribution in [3.8, 4) is 0 Å². The highest BCUT2D eigenvalue weighted by Gasteiger charge is 2.13. The highest BCUT2D eigenvalue weighted by molar-refractivity contribution is 9.10. The van der Waals surface area contributed by atoms with Crippen LogP contribution >= 0.6 is 15.9 Å². The number of halogens is 1. The first kappa shape index (κ1) is 19.2. The molecule has 0 heterocycles. The molecule has 0 radical (unpaired) electrons. The number of esters is 1. The summed E-state index contributed by atoms with van der Waals surface area (Å²) in [5.41, 5.74) is 0.435. The lowest BCUT2D eigenvalue weighted by molar-refractivity contribution is -0.147. The molecule has 2 N–H and O–H groups in total. The molecule has 0 aliphatic carbocycles. The lowest BCUT2D eigenvalue weighted by Crippen LogP contribution is -2.39. The first-order chi connectivity index (χ1) is 10.8. The lowest BCUT2D eigenvalue weighted by Gasteiger charge is -2.17. The van der Waals surface area contributed by atoms with Crippen LogP contribution in [-0.4, -0.2) is 37.0 Å². The van der Waals surface area contributed by atoms with Gasteiger partial charge in [0.25, 0.3) is 11.8 Å². The van der Waals surface area contributed by atoms with E-state index in [2.05, 4.69) is 26.6 Å². The maximum Gasteiger partial charge on any atom is 0.325 e. The molecular formula is C16H21BrN2O4. The second kappa shape index (κ2) is 9.29. The first-order valence-corrected chi connectivity index (χ1v) is 8.07. The molecule has 6 nitrogen and oxygen atoms in total. The van der Waals surface area contributed by atoms with Crippen LogP contribution < -0.4 is 10.6 Å². The van der Waals surface area contributed by atoms with Crippen LogP contribution in [0, 0.1) is 5.92 Å². The van der Waals surface area contributed by atoms with Crippen LogP contribution in [-0.2, 0) is 14.3 Å². The van der Waals surface area contributed by atoms with Crippen LogP contribution in [0.4, 0.5) is 0 Å². The average molecular weight is 385 g/mol. The molecule has 0 aliphatic rings. The molecule has 0 saturated heterocycles. The Kier molecular flexibility index (Phi) is 7.74. The number of benzene rings is 1. The number of amides is 2. The Hall–Kier alpha value is -1.89. The smallest absolute Gasteiger partial charge is 0.325 e. The fourth-order valence-electron chi connectivity index (χ4n) is 1.52. The first-order valence-electron chi connectivity index (χ1n) is 7.28. The third kappa shape index (κ3) is 7.27. The summed E-state index contributed by atoms with van der Waals surface area (Å²) in [4.78, 5) is 34.9. The number of ether oxygens (including phenoxy) is 1. The third-order valence-corrected chi connectivity index (χ3v) is 3.78. The Morgan fingerprint density at radius 2 is 1.74 bits per heavy atom. The molecule has 23 heavy (non-hydrogen) atoms. The zero-order valence-corrected chi connectivity index (χ0v) is 15.0. The molecule has 1 aromatic carbocycles. The van der Waals surface area contributed by atoms with Crippen molar-refractivity contribution in [1.82, 2.24) is 10.6 Å². The SMILES string of the molecule is CC(C)C(C)NC(=O)COC(=O)CNC(=O)c1ccc(Br)cc1. The molecule has 0 fully saturated rings. The topological polar surface area (TPSA) is 84.5 Å². The molecule has 1 atom stereocenters. The molecule has 1 unspecified atom stereocenters. The number of carbonyl (C=O) groups excluding carboxylic acids is 3. The second-order valence-corrected chi connectivity index (χ2v) is 6.37. The minimum atomic E-state index is -0.664. The highest BCUT2D eigenvalue weighted by Crippen LogP contribution is 2.10. The van der Waals surface area contributed by atoms with Crippen LogP contribution in [0.5, 0.6) is 0 Å². The number of carbonyl (C=O) groups is 3. The number of nitrogens with one attached hydrogen (secondary N) is 2. The van der Waals surface area contributed by atoms with Gasteiger partial charge >= 0.3 is 5.97 Å². The van der Waals surface area contributed by atoms with Crippen LogP contribution in [0.2, 0.25) is 0 Å². The van der Waals surface area contributed by atoms with E-state index >= 15 is 0 Å². The van der Waals surface area contributed by atoms with Crippen molar-refractivity contribution in [2.75, 3.05) is 13.2 Å². The van der Waals surface area contributed by atoms with Gasteiger partial charge in [-0.1, -0.05) is 29.8 Å². The van der Waals surface area contributed by atoms with E-state index in [0.717, 1.165) is 4.47 Å². The second-order valence-electron chi connectivity index (χ2n) is 5.45. The van der Waals surface area contributed by atoms with Gasteiger partial charge in [0.1, 0.15) is 6.54 Å². The maximum atomic E-state index is 11.8. The van der Waals surface area contributed by atoms with Gasteiger partial charge in [-0.2, -0.15) is 0 Å². The number of hydrogen-bond donors (Lipinski definition) is 2. The molecule has 0 spiro atoms. The van der Waals surface area contributed by atoms with Gasteiger partial charge in [0.2, 0.25) is 0 Å². The monoisotopic (exact) mass is 384 g/mol. The lowest BCUT2D eigenvalue weighted by atomic mass is 10.1. The minimum absolute atomic E-state index is 0.00157. The van der Waals surface area contributed by atoms with E-state index in [9.17, 15) is 14.4 Å². The molecule has 0 saturated carbocycles. The molecule has 7 heteroatoms. The van der Waals surface area contributed by atoms with Gasteiger partial charge in [0.15, 0.2) is 6.61 Å². The number of rotatable bonds is 7. The fourth-order valence-corrected chi connectivity index (χ4v) is 1.78. The summed E-state index contributed by atoms with van der Waals surface area (Å²) >= 11 is 3.27. The van der Waals surface area contributed by atoms with E-state index in [-0.39, 0.29) is 31.0 Å². The quantitative estimate of drug-likeness (QED) is 0.702. The average Bonchev–Trinajstić information content (AvgIpc) is 2.51. The Morgan fingerprint density at radius 1 is 1.13 bits per heavy atom. The summed E-state index contributed by atoms with van der Waals surface area (Å²) in [5, 5.41) is 5.16. The molecule has 2 amide bonds. The summed E-state index contributed by atoms with van der Waals surface area (Å²) in [6, 6.07) is 6.72. The third-order valence-electron chi connectivity index (χ3n) is 3.25. The fraction of sp³-hybridized carbons (Fsp3) is 0.438. The Balaban J connectivity index is 2.30. The summed E-state index contributed by atoms with van der Waals surface area (Å²) in [7, 11) is 0. The van der Waals surface area contributed by atoms with Gasteiger partial charge in [-0.05, 0) is 37.1 Å². The van der Waals surface area contributed by atoms with Crippen molar-refractivity contribution >= 4 is 33.7 Å². The van der Waals surface area contributed by atoms with Gasteiger partial charge in [0.05, 0.1) is 0 Å². The largest absolute Gasteiger partial charge is 0.454 e. The van der Waals surface area contributed by atoms with Gasteiger partial charge in [-0.15, -0.1) is 0 Å². The van der Waals surface area contributed by atoms with Crippen molar-refractivity contribution in [1.29, 1.82) is 0 Å². The van der Waals surface area contributed by atoms with Crippen LogP contribution in [0.3, 0.4) is 0 Å². The van der Waals surface area contributed by atoms with E-state index in [4.69, 9.17) is 4.74 Å². The molecule has 0 aromatic heterocycles. The summed E-state index contributed by atoms with van der Waals surface area (Å²) < 4.78 is 5.67. The van der Waals surface area contributed by atoms with Gasteiger partial charge in [-0.25, -0.2) is 0 Å². The number of hydrogen-bond acceptors (Lipinski definition) is 4. The summed E-state index contributed by atoms with van der Waals surface area (Å²) in [5.74, 6) is -1.12. The van der Waals surface area contributed by atoms with Crippen molar-refractivity contribution in [2.24, 2.45) is 5.92 Å². The minimum Gasteiger partial charge on any atom is -0.454 e. The molecule has 0 aliphatic heterocycles. The van der Waals surface area contributed by atoms with E-state index < -0.39 is 5.97 Å². The Bertz CT molecular complexity index is 558. The van der Waals surface area contributed by atoms with Gasteiger partial charge in [-0.3, -0.25) is 14.4 Å². The van der Waals surface area contributed by atoms with Gasteiger partial charge < -0.3 is 15.4 Å². The highest BCUT2D eigenvalue weighted by atomic mass is 79.9. The van der Waals surface area contributed by atoms with E-state index in [1.807, 2.05) is 20.8 Å². The Labute approximate surface area is 144 Å². The van der Waals surface area contributed by atoms with Crippen molar-refractivity contribution in [3.05, 3.63) is 34.3 Å². The van der Waals surface area contributed by atoms with Crippen LogP contribution in [0.25, 0.3) is 0 Å². The molecule has 1 rings (SSSR count). The molecule has 126 valence electrons. The van der Waals surface area contributed by atoms with Crippen LogP contribution in [0.1, 0.15) is 31.1 Å². The maximum absolute atomic E-state index is 11.8. The molecular weight excluding hydrogens is 364 g/mol. The Morgan fingerprint density at radius 3 is 2.30 bits per heavy atom. The molecule has 0 bridgehead atoms. The van der Waals surface area contributed by atoms with E-state index in [1.165, 1.54) is 0 Å². The van der Waals surface area contributed by atoms with Gasteiger partial charge in [0, 0.05) is 16.1 Å².